The quantitative estimate of drug-likeness (QED) is 0.767. The lowest BCUT2D eigenvalue weighted by atomic mass is 9.69. The molecule has 0 spiro atoms. The van der Waals surface area contributed by atoms with Crippen molar-refractivity contribution in [2.75, 3.05) is 6.54 Å². The molecule has 3 unspecified atom stereocenters. The fourth-order valence-electron chi connectivity index (χ4n) is 4.16. The molecule has 2 aromatic rings. The number of carbonyl (C=O) groups is 1. The Kier molecular flexibility index (Phi) is 6.66. The van der Waals surface area contributed by atoms with Crippen LogP contribution in [0, 0.1) is 11.3 Å². The van der Waals surface area contributed by atoms with E-state index in [9.17, 15) is 4.79 Å². The summed E-state index contributed by atoms with van der Waals surface area (Å²) in [4.78, 5) is 17.1. The number of nitrogens with zero attached hydrogens (tertiary/aromatic N) is 1. The third-order valence-corrected chi connectivity index (χ3v) is 6.38. The number of hydrogen-bond acceptors (Lipinski definition) is 4. The van der Waals surface area contributed by atoms with E-state index in [1.54, 1.807) is 17.5 Å². The van der Waals surface area contributed by atoms with Crippen molar-refractivity contribution in [3.63, 3.8) is 0 Å². The maximum atomic E-state index is 12.7. The van der Waals surface area contributed by atoms with E-state index in [0.29, 0.717) is 18.5 Å². The molecule has 1 fully saturated rings. The first-order valence-electron chi connectivity index (χ1n) is 9.92. The van der Waals surface area contributed by atoms with Gasteiger partial charge in [-0.05, 0) is 29.7 Å². The third-order valence-electron chi connectivity index (χ3n) is 5.54. The molecule has 0 saturated heterocycles. The second-order valence-electron chi connectivity index (χ2n) is 8.53. The van der Waals surface area contributed by atoms with Gasteiger partial charge in [0, 0.05) is 17.6 Å². The summed E-state index contributed by atoms with van der Waals surface area (Å²) in [5.74, 6) is 0.639. The van der Waals surface area contributed by atoms with E-state index in [4.69, 9.17) is 0 Å². The lowest BCUT2D eigenvalue weighted by Crippen LogP contribution is -2.48. The smallest absolute Gasteiger partial charge is 0.234 e. The second-order valence-corrected chi connectivity index (χ2v) is 9.45. The third kappa shape index (κ3) is 5.39. The number of amides is 1. The van der Waals surface area contributed by atoms with Crippen molar-refractivity contribution in [3.05, 3.63) is 52.5 Å². The number of thiazole rings is 1. The molecule has 1 aromatic heterocycles. The van der Waals surface area contributed by atoms with Crippen LogP contribution in [-0.2, 0) is 4.79 Å². The van der Waals surface area contributed by atoms with Gasteiger partial charge in [0.15, 0.2) is 0 Å². The fraction of sp³-hybridized carbons (Fsp3) is 0.545. The maximum Gasteiger partial charge on any atom is 0.234 e. The van der Waals surface area contributed by atoms with Gasteiger partial charge in [-0.15, -0.1) is 11.3 Å². The van der Waals surface area contributed by atoms with E-state index in [-0.39, 0.29) is 17.4 Å². The first-order chi connectivity index (χ1) is 12.9. The van der Waals surface area contributed by atoms with Gasteiger partial charge >= 0.3 is 0 Å². The van der Waals surface area contributed by atoms with Crippen molar-refractivity contribution in [3.8, 4) is 0 Å². The summed E-state index contributed by atoms with van der Waals surface area (Å²) in [5.41, 5.74) is 1.33. The first-order valence-corrected chi connectivity index (χ1v) is 10.8. The first kappa shape index (κ1) is 20.0. The number of carbonyl (C=O) groups excluding carboxylic acids is 1. The number of nitrogens with one attached hydrogen (secondary N) is 2. The van der Waals surface area contributed by atoms with Crippen LogP contribution in [0.4, 0.5) is 0 Å². The van der Waals surface area contributed by atoms with E-state index < -0.39 is 0 Å². The van der Waals surface area contributed by atoms with Gasteiger partial charge in [0.05, 0.1) is 6.54 Å². The lowest BCUT2D eigenvalue weighted by molar-refractivity contribution is -0.121. The van der Waals surface area contributed by atoms with Crippen LogP contribution in [0.5, 0.6) is 0 Å². The maximum absolute atomic E-state index is 12.7. The van der Waals surface area contributed by atoms with Crippen molar-refractivity contribution < 1.29 is 4.79 Å². The summed E-state index contributed by atoms with van der Waals surface area (Å²) in [5, 5.41) is 9.59. The number of rotatable bonds is 6. The minimum Gasteiger partial charge on any atom is -0.342 e. The van der Waals surface area contributed by atoms with Gasteiger partial charge < -0.3 is 10.6 Å². The van der Waals surface area contributed by atoms with Crippen molar-refractivity contribution in [1.82, 2.24) is 15.6 Å². The molecule has 3 atom stereocenters. The second kappa shape index (κ2) is 8.98. The molecule has 1 aliphatic rings. The van der Waals surface area contributed by atoms with E-state index in [1.807, 2.05) is 35.7 Å². The molecule has 3 rings (SSSR count). The van der Waals surface area contributed by atoms with Gasteiger partial charge in [-0.1, -0.05) is 63.9 Å². The molecule has 1 amide bonds. The van der Waals surface area contributed by atoms with Gasteiger partial charge in [0.1, 0.15) is 11.0 Å². The number of benzene rings is 1. The average Bonchev–Trinajstić information content (AvgIpc) is 3.19. The molecule has 0 bridgehead atoms. The molecule has 1 heterocycles. The van der Waals surface area contributed by atoms with Crippen molar-refractivity contribution in [1.29, 1.82) is 0 Å². The molecule has 2 N–H and O–H groups in total. The number of aromatic nitrogens is 1. The van der Waals surface area contributed by atoms with Crippen molar-refractivity contribution >= 4 is 17.2 Å². The summed E-state index contributed by atoms with van der Waals surface area (Å²) < 4.78 is 0. The Hall–Kier alpha value is -1.72. The van der Waals surface area contributed by atoms with E-state index >= 15 is 0 Å². The summed E-state index contributed by atoms with van der Waals surface area (Å²) in [6, 6.07) is 10.3. The monoisotopic (exact) mass is 385 g/mol. The molecular weight excluding hydrogens is 354 g/mol. The zero-order valence-corrected chi connectivity index (χ0v) is 17.4. The molecule has 0 radical (unpaired) electrons. The van der Waals surface area contributed by atoms with Crippen LogP contribution in [-0.4, -0.2) is 23.5 Å². The van der Waals surface area contributed by atoms with E-state index in [1.165, 1.54) is 19.3 Å². The van der Waals surface area contributed by atoms with Crippen LogP contribution in [0.15, 0.2) is 41.9 Å². The van der Waals surface area contributed by atoms with E-state index in [2.05, 4.69) is 36.4 Å². The van der Waals surface area contributed by atoms with Gasteiger partial charge in [-0.3, -0.25) is 4.79 Å². The predicted octanol–water partition coefficient (Wildman–Crippen LogP) is 4.54. The van der Waals surface area contributed by atoms with Crippen molar-refractivity contribution in [2.45, 2.75) is 58.5 Å². The van der Waals surface area contributed by atoms with Crippen molar-refractivity contribution in [2.24, 2.45) is 11.3 Å². The molecule has 146 valence electrons. The van der Waals surface area contributed by atoms with Crippen LogP contribution in [0.2, 0.25) is 0 Å². The van der Waals surface area contributed by atoms with Crippen LogP contribution in [0.1, 0.15) is 63.1 Å². The highest BCUT2D eigenvalue weighted by molar-refractivity contribution is 7.09. The standard InChI is InChI=1S/C22H31N3OS/c1-22(2,3)17-11-7-8-12-18(17)24-15-19(26)25-20(21-23-13-14-27-21)16-9-5-4-6-10-16/h4-6,9-10,13-14,17-18,20,24H,7-8,11-12,15H2,1-3H3,(H,25,26). The Morgan fingerprint density at radius 3 is 2.63 bits per heavy atom. The van der Waals surface area contributed by atoms with Crippen LogP contribution in [0.25, 0.3) is 0 Å². The molecule has 1 saturated carbocycles. The molecule has 4 nitrogen and oxygen atoms in total. The lowest BCUT2D eigenvalue weighted by Gasteiger charge is -2.41. The molecular formula is C22H31N3OS. The Bertz CT molecular complexity index is 709. The van der Waals surface area contributed by atoms with Gasteiger partial charge in [-0.2, -0.15) is 0 Å². The summed E-state index contributed by atoms with van der Waals surface area (Å²) in [7, 11) is 0. The highest BCUT2D eigenvalue weighted by Gasteiger charge is 2.34. The molecule has 1 aromatic carbocycles. The summed E-state index contributed by atoms with van der Waals surface area (Å²) in [6.07, 6.45) is 6.73. The molecule has 27 heavy (non-hydrogen) atoms. The zero-order valence-electron chi connectivity index (χ0n) is 16.6. The molecule has 1 aliphatic carbocycles. The van der Waals surface area contributed by atoms with Crippen LogP contribution >= 0.6 is 11.3 Å². The summed E-state index contributed by atoms with van der Waals surface area (Å²) >= 11 is 1.57. The average molecular weight is 386 g/mol. The fourth-order valence-corrected chi connectivity index (χ4v) is 4.87. The highest BCUT2D eigenvalue weighted by Crippen LogP contribution is 2.37. The van der Waals surface area contributed by atoms with Gasteiger partial charge in [0.25, 0.3) is 0 Å². The van der Waals surface area contributed by atoms with Gasteiger partial charge in [0.2, 0.25) is 5.91 Å². The Morgan fingerprint density at radius 2 is 1.96 bits per heavy atom. The highest BCUT2D eigenvalue weighted by atomic mass is 32.1. The largest absolute Gasteiger partial charge is 0.342 e. The van der Waals surface area contributed by atoms with Crippen LogP contribution < -0.4 is 10.6 Å². The van der Waals surface area contributed by atoms with E-state index in [0.717, 1.165) is 17.0 Å². The SMILES string of the molecule is CC(C)(C)C1CCCCC1NCC(=O)NC(c1ccccc1)c1nccs1. The predicted molar refractivity (Wildman–Crippen MR) is 112 cm³/mol. The van der Waals surface area contributed by atoms with Gasteiger partial charge in [-0.25, -0.2) is 4.98 Å². The topological polar surface area (TPSA) is 54.0 Å². The Morgan fingerprint density at radius 1 is 1.22 bits per heavy atom. The summed E-state index contributed by atoms with van der Waals surface area (Å²) in [6.45, 7) is 7.29. The molecule has 5 heteroatoms. The number of hydrogen-bond donors (Lipinski definition) is 2. The van der Waals surface area contributed by atoms with Crippen LogP contribution in [0.3, 0.4) is 0 Å². The Labute approximate surface area is 166 Å². The zero-order chi connectivity index (χ0) is 19.3. The molecule has 0 aliphatic heterocycles. The minimum absolute atomic E-state index is 0.0253. The minimum atomic E-state index is -0.190. The normalized spacial score (nSPS) is 21.6. The Balaban J connectivity index is 1.63.